The van der Waals surface area contributed by atoms with Gasteiger partial charge in [0.1, 0.15) is 15.5 Å². The van der Waals surface area contributed by atoms with Crippen molar-refractivity contribution in [2.45, 2.75) is 35.6 Å². The summed E-state index contributed by atoms with van der Waals surface area (Å²) in [5.74, 6) is -0.534. The number of methoxy groups -OCH3 is 1. The van der Waals surface area contributed by atoms with Crippen LogP contribution < -0.4 is 19.7 Å². The quantitative estimate of drug-likeness (QED) is 0.193. The summed E-state index contributed by atoms with van der Waals surface area (Å²) in [6, 6.07) is 24.3. The van der Waals surface area contributed by atoms with Gasteiger partial charge in [-0.25, -0.2) is 16.8 Å². The summed E-state index contributed by atoms with van der Waals surface area (Å²) >= 11 is 5.98. The molecule has 1 aliphatic rings. The van der Waals surface area contributed by atoms with Crippen LogP contribution in [-0.2, 0) is 26.6 Å². The molecule has 0 atom stereocenters. The van der Waals surface area contributed by atoms with E-state index in [0.29, 0.717) is 29.5 Å². The van der Waals surface area contributed by atoms with Crippen LogP contribution in [0.3, 0.4) is 0 Å². The van der Waals surface area contributed by atoms with E-state index in [1.165, 1.54) is 42.7 Å². The largest absolute Gasteiger partial charge is 0.495 e. The molecule has 0 aromatic heterocycles. The van der Waals surface area contributed by atoms with Crippen molar-refractivity contribution in [2.24, 2.45) is 0 Å². The van der Waals surface area contributed by atoms with Crippen molar-refractivity contribution in [3.63, 3.8) is 0 Å². The Hall–Kier alpha value is -4.10. The topological polar surface area (TPSA) is 125 Å². The van der Waals surface area contributed by atoms with Crippen molar-refractivity contribution in [3.05, 3.63) is 107 Å². The molecule has 1 fully saturated rings. The van der Waals surface area contributed by atoms with Crippen molar-refractivity contribution >= 4 is 54.6 Å². The fourth-order valence-corrected chi connectivity index (χ4v) is 8.02. The highest BCUT2D eigenvalue weighted by molar-refractivity contribution is 7.93. The molecule has 0 saturated carbocycles. The van der Waals surface area contributed by atoms with Gasteiger partial charge in [-0.1, -0.05) is 41.9 Å². The number of benzene rings is 4. The third-order valence-corrected chi connectivity index (χ3v) is 11.1. The van der Waals surface area contributed by atoms with Gasteiger partial charge in [-0.3, -0.25) is 9.52 Å². The van der Waals surface area contributed by atoms with Gasteiger partial charge in [0.2, 0.25) is 10.0 Å². The summed E-state index contributed by atoms with van der Waals surface area (Å²) in [6.07, 6.45) is 2.94. The second-order valence-corrected chi connectivity index (χ2v) is 15.0. The van der Waals surface area contributed by atoms with E-state index in [9.17, 15) is 21.6 Å². The van der Waals surface area contributed by atoms with Crippen LogP contribution in [0.25, 0.3) is 0 Å². The molecule has 5 rings (SSSR count). The van der Waals surface area contributed by atoms with Crippen molar-refractivity contribution in [1.82, 2.24) is 4.31 Å². The van der Waals surface area contributed by atoms with E-state index in [4.69, 9.17) is 16.3 Å². The average molecular weight is 683 g/mol. The van der Waals surface area contributed by atoms with E-state index in [2.05, 4.69) is 10.0 Å². The Balaban J connectivity index is 1.44. The van der Waals surface area contributed by atoms with Gasteiger partial charge in [0, 0.05) is 48.6 Å². The van der Waals surface area contributed by atoms with Crippen LogP contribution in [0.4, 0.5) is 17.1 Å². The number of hydrogen-bond donors (Lipinski definition) is 2. The lowest BCUT2D eigenvalue weighted by Crippen LogP contribution is -2.31. The Morgan fingerprint density at radius 3 is 2.20 bits per heavy atom. The lowest BCUT2D eigenvalue weighted by molar-refractivity contribution is 0.102. The Labute approximate surface area is 275 Å². The summed E-state index contributed by atoms with van der Waals surface area (Å²) in [5, 5.41) is 3.21. The number of piperidine rings is 1. The summed E-state index contributed by atoms with van der Waals surface area (Å²) in [4.78, 5) is 15.3. The number of sulfonamides is 2. The van der Waals surface area contributed by atoms with E-state index in [-0.39, 0.29) is 33.3 Å². The highest BCUT2D eigenvalue weighted by Crippen LogP contribution is 2.33. The van der Waals surface area contributed by atoms with E-state index in [0.717, 1.165) is 24.8 Å². The minimum Gasteiger partial charge on any atom is -0.495 e. The molecular formula is C33H35ClN4O6S2. The Bertz CT molecular complexity index is 1920. The number of hydrogen-bond acceptors (Lipinski definition) is 7. The Morgan fingerprint density at radius 2 is 1.52 bits per heavy atom. The number of halogens is 1. The minimum absolute atomic E-state index is 0.00249. The van der Waals surface area contributed by atoms with Gasteiger partial charge in [-0.15, -0.1) is 0 Å². The maximum Gasteiger partial charge on any atom is 0.264 e. The molecule has 0 spiro atoms. The number of amides is 1. The zero-order valence-corrected chi connectivity index (χ0v) is 27.8. The first-order chi connectivity index (χ1) is 22.0. The summed E-state index contributed by atoms with van der Waals surface area (Å²) in [6.45, 7) is 1.53. The van der Waals surface area contributed by atoms with Crippen LogP contribution in [0.2, 0.25) is 5.02 Å². The molecule has 1 aliphatic heterocycles. The van der Waals surface area contributed by atoms with E-state index in [1.54, 1.807) is 36.4 Å². The molecule has 0 aliphatic carbocycles. The van der Waals surface area contributed by atoms with Gasteiger partial charge in [0.05, 0.1) is 12.8 Å². The van der Waals surface area contributed by atoms with Gasteiger partial charge in [0.25, 0.3) is 15.9 Å². The second-order valence-electron chi connectivity index (χ2n) is 10.9. The molecule has 13 heteroatoms. The average Bonchev–Trinajstić information content (AvgIpc) is 3.06. The first kappa shape index (κ1) is 33.3. The molecule has 1 saturated heterocycles. The van der Waals surface area contributed by atoms with Gasteiger partial charge in [0.15, 0.2) is 0 Å². The second kappa shape index (κ2) is 14.1. The van der Waals surface area contributed by atoms with Crippen molar-refractivity contribution in [3.8, 4) is 5.75 Å². The lowest BCUT2D eigenvalue weighted by atomic mass is 10.1. The highest BCUT2D eigenvalue weighted by atomic mass is 35.5. The molecule has 1 amide bonds. The van der Waals surface area contributed by atoms with Crippen LogP contribution in [0.15, 0.2) is 101 Å². The molecule has 242 valence electrons. The van der Waals surface area contributed by atoms with E-state index in [1.807, 2.05) is 35.2 Å². The Morgan fingerprint density at radius 1 is 0.848 bits per heavy atom. The fourth-order valence-electron chi connectivity index (χ4n) is 5.25. The van der Waals surface area contributed by atoms with Crippen LogP contribution in [-0.4, -0.2) is 54.3 Å². The summed E-state index contributed by atoms with van der Waals surface area (Å²) in [7, 11) is -5.33. The van der Waals surface area contributed by atoms with Crippen LogP contribution >= 0.6 is 11.6 Å². The smallest absolute Gasteiger partial charge is 0.264 e. The predicted octanol–water partition coefficient (Wildman–Crippen LogP) is 6.21. The molecule has 4 aromatic carbocycles. The fraction of sp³-hybridized carbons (Fsp3) is 0.242. The number of anilines is 3. The summed E-state index contributed by atoms with van der Waals surface area (Å²) in [5.41, 5.74) is 1.94. The monoisotopic (exact) mass is 682 g/mol. The lowest BCUT2D eigenvalue weighted by Gasteiger charge is -2.30. The Kier molecular flexibility index (Phi) is 10.2. The predicted molar refractivity (Wildman–Crippen MR) is 181 cm³/mol. The number of carbonyl (C=O) groups excluding carboxylic acids is 1. The van der Waals surface area contributed by atoms with Gasteiger partial charge in [-0.05, 0) is 85.5 Å². The third kappa shape index (κ3) is 7.64. The molecule has 1 heterocycles. The molecule has 0 bridgehead atoms. The molecule has 4 aromatic rings. The van der Waals surface area contributed by atoms with Gasteiger partial charge in [-0.2, -0.15) is 4.31 Å². The standard InChI is InChI=1S/C33H35ClN4O6S2/c1-37(23-24-9-5-3-6-10-24)46(42,43)32-21-25(11-18-30(32)44-2)33(39)35-28-16-17-29(38-19-7-4-8-20-38)31(22-28)45(40,41)36-27-14-12-26(34)13-15-27/h3,5-6,9-18,21-22,36H,4,7-8,19-20,23H2,1-2H3,(H,35,39). The first-order valence-corrected chi connectivity index (χ1v) is 17.9. The number of rotatable bonds is 11. The van der Waals surface area contributed by atoms with Crippen LogP contribution in [0.1, 0.15) is 35.2 Å². The maximum atomic E-state index is 13.7. The number of ether oxygens (including phenoxy) is 1. The van der Waals surface area contributed by atoms with Crippen LogP contribution in [0, 0.1) is 0 Å². The first-order valence-electron chi connectivity index (χ1n) is 14.6. The maximum absolute atomic E-state index is 13.7. The third-order valence-electron chi connectivity index (χ3n) is 7.66. The molecule has 0 radical (unpaired) electrons. The zero-order valence-electron chi connectivity index (χ0n) is 25.4. The van der Waals surface area contributed by atoms with Crippen LogP contribution in [0.5, 0.6) is 5.75 Å². The molecule has 0 unspecified atom stereocenters. The van der Waals surface area contributed by atoms with Gasteiger partial charge >= 0.3 is 0 Å². The number of nitrogens with zero attached hydrogens (tertiary/aromatic N) is 2. The molecule has 2 N–H and O–H groups in total. The SMILES string of the molecule is COc1ccc(C(=O)Nc2ccc(N3CCCCC3)c(S(=O)(=O)Nc3ccc(Cl)cc3)c2)cc1S(=O)(=O)N(C)Cc1ccccc1. The molecule has 10 nitrogen and oxygen atoms in total. The normalized spacial score (nSPS) is 13.8. The highest BCUT2D eigenvalue weighted by Gasteiger charge is 2.28. The van der Waals surface area contributed by atoms with Gasteiger partial charge < -0.3 is 15.0 Å². The number of nitrogens with one attached hydrogen (secondary N) is 2. The molecular weight excluding hydrogens is 648 g/mol. The summed E-state index contributed by atoms with van der Waals surface area (Å²) < 4.78 is 63.7. The van der Waals surface area contributed by atoms with Crippen molar-refractivity contribution in [1.29, 1.82) is 0 Å². The van der Waals surface area contributed by atoms with Crippen molar-refractivity contribution < 1.29 is 26.4 Å². The minimum atomic E-state index is -4.09. The molecule has 46 heavy (non-hydrogen) atoms. The van der Waals surface area contributed by atoms with E-state index < -0.39 is 26.0 Å². The van der Waals surface area contributed by atoms with E-state index >= 15 is 0 Å². The zero-order chi connectivity index (χ0) is 32.9. The number of carbonyl (C=O) groups is 1. The van der Waals surface area contributed by atoms with Crippen molar-refractivity contribution in [2.75, 3.05) is 42.2 Å².